The molecule has 0 unspecified atom stereocenters. The van der Waals surface area contributed by atoms with Crippen LogP contribution in [0, 0.1) is 0 Å². The maximum absolute atomic E-state index is 11.4. The molecule has 0 bridgehead atoms. The first-order valence-electron chi connectivity index (χ1n) is 4.71. The number of hydrogen-bond acceptors (Lipinski definition) is 3. The lowest BCUT2D eigenvalue weighted by Gasteiger charge is -2.06. The topological polar surface area (TPSA) is 43.4 Å². The lowest BCUT2D eigenvalue weighted by atomic mass is 10.3. The van der Waals surface area contributed by atoms with Crippen molar-refractivity contribution in [1.82, 2.24) is 0 Å². The average molecular weight is 293 g/mol. The largest absolute Gasteiger partial charge is 0.382 e. The second kappa shape index (κ2) is 5.51. The van der Waals surface area contributed by atoms with Crippen LogP contribution in [0.2, 0.25) is 0 Å². The SMILES string of the molecule is CCCCS(=O)(=O)Oc1cccc(Br)c1. The molecule has 0 saturated heterocycles. The smallest absolute Gasteiger partial charge is 0.309 e. The van der Waals surface area contributed by atoms with Crippen LogP contribution in [0.5, 0.6) is 5.75 Å². The van der Waals surface area contributed by atoms with E-state index in [0.717, 1.165) is 10.9 Å². The Kier molecular flexibility index (Phi) is 4.60. The standard InChI is InChI=1S/C10H13BrO3S/c1-2-3-7-15(12,13)14-10-6-4-5-9(11)8-10/h4-6,8H,2-3,7H2,1H3. The second-order valence-corrected chi connectivity index (χ2v) is 5.76. The van der Waals surface area contributed by atoms with Crippen molar-refractivity contribution in [1.29, 1.82) is 0 Å². The fourth-order valence-electron chi connectivity index (χ4n) is 1.03. The van der Waals surface area contributed by atoms with Gasteiger partial charge in [0.15, 0.2) is 0 Å². The highest BCUT2D eigenvalue weighted by molar-refractivity contribution is 9.10. The quantitative estimate of drug-likeness (QED) is 0.784. The van der Waals surface area contributed by atoms with E-state index in [4.69, 9.17) is 4.18 Å². The molecule has 0 aliphatic rings. The number of hydrogen-bond donors (Lipinski definition) is 0. The summed E-state index contributed by atoms with van der Waals surface area (Å²) in [6, 6.07) is 6.79. The Hall–Kier alpha value is -0.550. The first-order valence-corrected chi connectivity index (χ1v) is 7.08. The molecule has 0 amide bonds. The molecule has 0 saturated carbocycles. The van der Waals surface area contributed by atoms with Crippen molar-refractivity contribution >= 4 is 26.0 Å². The molecule has 1 rings (SSSR count). The van der Waals surface area contributed by atoms with Gasteiger partial charge in [0.2, 0.25) is 0 Å². The van der Waals surface area contributed by atoms with Crippen LogP contribution in [-0.2, 0) is 10.1 Å². The van der Waals surface area contributed by atoms with E-state index in [9.17, 15) is 8.42 Å². The summed E-state index contributed by atoms with van der Waals surface area (Å²) in [4.78, 5) is 0. The fraction of sp³-hybridized carbons (Fsp3) is 0.400. The third-order valence-electron chi connectivity index (χ3n) is 1.77. The summed E-state index contributed by atoms with van der Waals surface area (Å²) in [6.07, 6.45) is 1.46. The summed E-state index contributed by atoms with van der Waals surface area (Å²) in [5.41, 5.74) is 0. The zero-order chi connectivity index (χ0) is 11.3. The lowest BCUT2D eigenvalue weighted by molar-refractivity contribution is 0.483. The van der Waals surface area contributed by atoms with Gasteiger partial charge in [-0.25, -0.2) is 0 Å². The Morgan fingerprint density at radius 1 is 1.40 bits per heavy atom. The molecule has 3 nitrogen and oxygen atoms in total. The van der Waals surface area contributed by atoms with Crippen molar-refractivity contribution in [2.45, 2.75) is 19.8 Å². The van der Waals surface area contributed by atoms with Crippen molar-refractivity contribution in [3.63, 3.8) is 0 Å². The molecule has 15 heavy (non-hydrogen) atoms. The molecule has 84 valence electrons. The van der Waals surface area contributed by atoms with Crippen LogP contribution in [0.4, 0.5) is 0 Å². The van der Waals surface area contributed by atoms with E-state index in [2.05, 4.69) is 15.9 Å². The van der Waals surface area contributed by atoms with Gasteiger partial charge in [-0.15, -0.1) is 0 Å². The summed E-state index contributed by atoms with van der Waals surface area (Å²) >= 11 is 3.25. The van der Waals surface area contributed by atoms with Gasteiger partial charge in [0, 0.05) is 4.47 Å². The van der Waals surface area contributed by atoms with E-state index in [-0.39, 0.29) is 5.75 Å². The molecule has 0 aliphatic carbocycles. The third kappa shape index (κ3) is 4.66. The van der Waals surface area contributed by atoms with Crippen LogP contribution < -0.4 is 4.18 Å². The van der Waals surface area contributed by atoms with E-state index in [1.165, 1.54) is 0 Å². The molecule has 5 heteroatoms. The molecule has 1 aromatic rings. The Bertz CT molecular complexity index is 414. The van der Waals surface area contributed by atoms with Gasteiger partial charge in [0.25, 0.3) is 0 Å². The minimum atomic E-state index is -3.43. The highest BCUT2D eigenvalue weighted by atomic mass is 79.9. The summed E-state index contributed by atoms with van der Waals surface area (Å²) in [7, 11) is -3.43. The van der Waals surface area contributed by atoms with Crippen LogP contribution in [-0.4, -0.2) is 14.2 Å². The lowest BCUT2D eigenvalue weighted by Crippen LogP contribution is -2.13. The Balaban J connectivity index is 2.69. The minimum Gasteiger partial charge on any atom is -0.382 e. The molecule has 0 radical (unpaired) electrons. The number of halogens is 1. The van der Waals surface area contributed by atoms with Gasteiger partial charge in [0.05, 0.1) is 5.75 Å². The van der Waals surface area contributed by atoms with E-state index in [1.807, 2.05) is 13.0 Å². The average Bonchev–Trinajstić information content (AvgIpc) is 2.14. The van der Waals surface area contributed by atoms with E-state index >= 15 is 0 Å². The molecule has 0 fully saturated rings. The Morgan fingerprint density at radius 3 is 2.73 bits per heavy atom. The van der Waals surface area contributed by atoms with Crippen LogP contribution in [0.3, 0.4) is 0 Å². The van der Waals surface area contributed by atoms with Crippen molar-refractivity contribution < 1.29 is 12.6 Å². The Labute approximate surface area is 98.7 Å². The molecular weight excluding hydrogens is 280 g/mol. The van der Waals surface area contributed by atoms with Crippen LogP contribution in [0.1, 0.15) is 19.8 Å². The number of benzene rings is 1. The van der Waals surface area contributed by atoms with Gasteiger partial charge in [-0.1, -0.05) is 35.3 Å². The summed E-state index contributed by atoms with van der Waals surface area (Å²) in [5.74, 6) is 0.413. The summed E-state index contributed by atoms with van der Waals surface area (Å²) in [6.45, 7) is 1.94. The molecular formula is C10H13BrO3S. The highest BCUT2D eigenvalue weighted by Gasteiger charge is 2.11. The molecule has 0 heterocycles. The second-order valence-electron chi connectivity index (χ2n) is 3.16. The zero-order valence-corrected chi connectivity index (χ0v) is 10.8. The molecule has 1 aromatic carbocycles. The van der Waals surface area contributed by atoms with E-state index in [0.29, 0.717) is 12.2 Å². The maximum Gasteiger partial charge on any atom is 0.309 e. The first kappa shape index (κ1) is 12.5. The summed E-state index contributed by atoms with van der Waals surface area (Å²) < 4.78 is 28.6. The van der Waals surface area contributed by atoms with Crippen molar-refractivity contribution in [2.75, 3.05) is 5.75 Å². The van der Waals surface area contributed by atoms with Crippen LogP contribution in [0.15, 0.2) is 28.7 Å². The Morgan fingerprint density at radius 2 is 2.13 bits per heavy atom. The maximum atomic E-state index is 11.4. The first-order chi connectivity index (χ1) is 7.03. The van der Waals surface area contributed by atoms with Gasteiger partial charge in [-0.05, 0) is 24.6 Å². The zero-order valence-electron chi connectivity index (χ0n) is 8.44. The summed E-state index contributed by atoms with van der Waals surface area (Å²) in [5, 5.41) is 0. The predicted molar refractivity (Wildman–Crippen MR) is 63.5 cm³/mol. The third-order valence-corrected chi connectivity index (χ3v) is 3.50. The molecule has 0 N–H and O–H groups in total. The molecule has 0 atom stereocenters. The highest BCUT2D eigenvalue weighted by Crippen LogP contribution is 2.19. The van der Waals surface area contributed by atoms with Crippen molar-refractivity contribution in [2.24, 2.45) is 0 Å². The fourth-order valence-corrected chi connectivity index (χ4v) is 2.53. The van der Waals surface area contributed by atoms with Gasteiger partial charge >= 0.3 is 10.1 Å². The number of unbranched alkanes of at least 4 members (excludes halogenated alkanes) is 1. The monoisotopic (exact) mass is 292 g/mol. The van der Waals surface area contributed by atoms with Crippen LogP contribution in [0.25, 0.3) is 0 Å². The van der Waals surface area contributed by atoms with Crippen molar-refractivity contribution in [3.8, 4) is 5.75 Å². The van der Waals surface area contributed by atoms with Crippen LogP contribution >= 0.6 is 15.9 Å². The van der Waals surface area contributed by atoms with Gasteiger partial charge in [-0.2, -0.15) is 8.42 Å². The van der Waals surface area contributed by atoms with E-state index < -0.39 is 10.1 Å². The number of rotatable bonds is 5. The predicted octanol–water partition coefficient (Wildman–Crippen LogP) is 2.96. The van der Waals surface area contributed by atoms with Crippen molar-refractivity contribution in [3.05, 3.63) is 28.7 Å². The minimum absolute atomic E-state index is 0.0655. The molecule has 0 aromatic heterocycles. The molecule has 0 spiro atoms. The van der Waals surface area contributed by atoms with Gasteiger partial charge < -0.3 is 4.18 Å². The molecule has 0 aliphatic heterocycles. The van der Waals surface area contributed by atoms with Gasteiger partial charge in [-0.3, -0.25) is 0 Å². The normalized spacial score (nSPS) is 11.3. The van der Waals surface area contributed by atoms with E-state index in [1.54, 1.807) is 18.2 Å². The van der Waals surface area contributed by atoms with Gasteiger partial charge in [0.1, 0.15) is 5.75 Å².